The van der Waals surface area contributed by atoms with Gasteiger partial charge in [-0.05, 0) is 31.9 Å². The highest BCUT2D eigenvalue weighted by Crippen LogP contribution is 2.30. The minimum Gasteiger partial charge on any atom is -0.384 e. The number of nitrogens with zero attached hydrogens (tertiary/aromatic N) is 4. The number of aromatic nitrogens is 3. The van der Waals surface area contributed by atoms with E-state index in [9.17, 15) is 9.59 Å². The molecule has 10 heteroatoms. The number of nitrogen functional groups attached to an aromatic ring is 2. The highest BCUT2D eigenvalue weighted by Gasteiger charge is 2.48. The van der Waals surface area contributed by atoms with Crippen molar-refractivity contribution in [3.63, 3.8) is 0 Å². The molecule has 0 unspecified atom stereocenters. The normalized spacial score (nSPS) is 17.5. The van der Waals surface area contributed by atoms with E-state index in [0.717, 1.165) is 0 Å². The molecule has 0 aromatic carbocycles. The first-order valence-corrected chi connectivity index (χ1v) is 9.12. The van der Waals surface area contributed by atoms with Gasteiger partial charge in [0.15, 0.2) is 0 Å². The lowest BCUT2D eigenvalue weighted by molar-refractivity contribution is -0.124. The Morgan fingerprint density at radius 2 is 1.90 bits per heavy atom. The molecule has 2 aromatic heterocycles. The summed E-state index contributed by atoms with van der Waals surface area (Å²) in [6, 6.07) is 3.02. The van der Waals surface area contributed by atoms with Crippen molar-refractivity contribution in [2.24, 2.45) is 0 Å². The zero-order valence-corrected chi connectivity index (χ0v) is 15.8. The highest BCUT2D eigenvalue weighted by molar-refractivity contribution is 6.07. The fourth-order valence-corrected chi connectivity index (χ4v) is 3.55. The summed E-state index contributed by atoms with van der Waals surface area (Å²) in [6.45, 7) is 2.85. The molecule has 0 bridgehead atoms. The van der Waals surface area contributed by atoms with E-state index in [1.165, 1.54) is 0 Å². The standard InChI is InChI=1S/C19H20N8O2/c1-11-13(4-2-12-3-5-14(20)22-10-12)15(24-17(21)23-11)27-8-6-19(7-9-27)16(28)25-18(29)26-19/h3,5,10H,6-9H2,1H3,(H2,20,22)(H2,21,23,24)(H2,25,26,28,29). The van der Waals surface area contributed by atoms with Crippen LogP contribution < -0.4 is 27.0 Å². The van der Waals surface area contributed by atoms with Gasteiger partial charge in [0.2, 0.25) is 5.95 Å². The summed E-state index contributed by atoms with van der Waals surface area (Å²) < 4.78 is 0. The largest absolute Gasteiger partial charge is 0.384 e. The molecule has 0 aliphatic carbocycles. The number of anilines is 3. The first-order valence-electron chi connectivity index (χ1n) is 9.12. The van der Waals surface area contributed by atoms with Crippen LogP contribution in [0.3, 0.4) is 0 Å². The second-order valence-corrected chi connectivity index (χ2v) is 7.06. The summed E-state index contributed by atoms with van der Waals surface area (Å²) in [5, 5.41) is 5.06. The Hall–Kier alpha value is -3.87. The number of aryl methyl sites for hydroxylation is 1. The average molecular weight is 392 g/mol. The number of imide groups is 1. The van der Waals surface area contributed by atoms with E-state index in [-0.39, 0.29) is 11.9 Å². The third-order valence-electron chi connectivity index (χ3n) is 5.14. The molecule has 1 spiro atoms. The summed E-state index contributed by atoms with van der Waals surface area (Å²) in [4.78, 5) is 38.4. The molecule has 2 fully saturated rings. The molecule has 148 valence electrons. The van der Waals surface area contributed by atoms with Crippen molar-refractivity contribution in [2.75, 3.05) is 29.5 Å². The van der Waals surface area contributed by atoms with Crippen molar-refractivity contribution in [1.29, 1.82) is 0 Å². The molecule has 0 saturated carbocycles. The molecule has 2 aliphatic rings. The van der Waals surface area contributed by atoms with E-state index >= 15 is 0 Å². The van der Waals surface area contributed by atoms with E-state index in [1.807, 2.05) is 11.8 Å². The number of carbonyl (C=O) groups excluding carboxylic acids is 2. The van der Waals surface area contributed by atoms with Gasteiger partial charge in [0, 0.05) is 24.8 Å². The summed E-state index contributed by atoms with van der Waals surface area (Å²) >= 11 is 0. The van der Waals surface area contributed by atoms with Crippen LogP contribution in [0.4, 0.5) is 22.4 Å². The maximum Gasteiger partial charge on any atom is 0.322 e. The Labute approximate surface area is 167 Å². The number of nitrogens with one attached hydrogen (secondary N) is 2. The van der Waals surface area contributed by atoms with Gasteiger partial charge in [0.25, 0.3) is 5.91 Å². The highest BCUT2D eigenvalue weighted by atomic mass is 16.2. The third-order valence-corrected chi connectivity index (χ3v) is 5.14. The molecule has 4 heterocycles. The Balaban J connectivity index is 1.62. The Morgan fingerprint density at radius 1 is 1.14 bits per heavy atom. The Kier molecular flexibility index (Phi) is 4.43. The van der Waals surface area contributed by atoms with Gasteiger partial charge < -0.3 is 21.7 Å². The van der Waals surface area contributed by atoms with Gasteiger partial charge in [0.05, 0.1) is 11.3 Å². The van der Waals surface area contributed by atoms with Gasteiger partial charge in [-0.25, -0.2) is 14.8 Å². The van der Waals surface area contributed by atoms with Crippen LogP contribution in [-0.2, 0) is 4.79 Å². The first-order chi connectivity index (χ1) is 13.9. The van der Waals surface area contributed by atoms with Gasteiger partial charge in [0.1, 0.15) is 17.2 Å². The molecule has 3 amide bonds. The minimum absolute atomic E-state index is 0.157. The maximum absolute atomic E-state index is 12.2. The lowest BCUT2D eigenvalue weighted by Crippen LogP contribution is -2.55. The predicted octanol–water partition coefficient (Wildman–Crippen LogP) is -0.0774. The van der Waals surface area contributed by atoms with Gasteiger partial charge in [-0.15, -0.1) is 0 Å². The summed E-state index contributed by atoms with van der Waals surface area (Å²) in [7, 11) is 0. The van der Waals surface area contributed by atoms with E-state index in [4.69, 9.17) is 11.5 Å². The van der Waals surface area contributed by atoms with Crippen LogP contribution in [0.1, 0.15) is 29.7 Å². The topological polar surface area (TPSA) is 152 Å². The van der Waals surface area contributed by atoms with Crippen LogP contribution in [0, 0.1) is 18.8 Å². The number of carbonyl (C=O) groups is 2. The molecule has 0 atom stereocenters. The summed E-state index contributed by atoms with van der Waals surface area (Å²) in [6.07, 6.45) is 2.52. The fourth-order valence-electron chi connectivity index (χ4n) is 3.55. The monoisotopic (exact) mass is 392 g/mol. The predicted molar refractivity (Wildman–Crippen MR) is 107 cm³/mol. The Bertz CT molecular complexity index is 1050. The number of pyridine rings is 1. The van der Waals surface area contributed by atoms with Crippen LogP contribution >= 0.6 is 0 Å². The molecule has 4 rings (SSSR count). The number of nitrogens with two attached hydrogens (primary N) is 2. The van der Waals surface area contributed by atoms with Gasteiger partial charge in [-0.1, -0.05) is 11.8 Å². The van der Waals surface area contributed by atoms with Crippen molar-refractivity contribution in [3.8, 4) is 11.8 Å². The van der Waals surface area contributed by atoms with Gasteiger partial charge in [-0.2, -0.15) is 4.98 Å². The van der Waals surface area contributed by atoms with Crippen molar-refractivity contribution >= 4 is 29.5 Å². The maximum atomic E-state index is 12.2. The SMILES string of the molecule is Cc1nc(N)nc(N2CCC3(CC2)NC(=O)NC3=O)c1C#Cc1ccc(N)nc1. The molecule has 29 heavy (non-hydrogen) atoms. The summed E-state index contributed by atoms with van der Waals surface area (Å²) in [5.74, 6) is 7.09. The number of hydrogen-bond acceptors (Lipinski definition) is 8. The molecule has 2 aromatic rings. The number of amides is 3. The lowest BCUT2D eigenvalue weighted by atomic mass is 9.87. The van der Waals surface area contributed by atoms with E-state index in [0.29, 0.717) is 54.4 Å². The average Bonchev–Trinajstić information content (AvgIpc) is 2.95. The number of urea groups is 1. The lowest BCUT2D eigenvalue weighted by Gasteiger charge is -2.38. The molecule has 6 N–H and O–H groups in total. The van der Waals surface area contributed by atoms with Crippen molar-refractivity contribution in [1.82, 2.24) is 25.6 Å². The van der Waals surface area contributed by atoms with Crippen LogP contribution in [0.2, 0.25) is 0 Å². The molecular weight excluding hydrogens is 372 g/mol. The Morgan fingerprint density at radius 3 is 2.52 bits per heavy atom. The number of rotatable bonds is 1. The summed E-state index contributed by atoms with van der Waals surface area (Å²) in [5.41, 5.74) is 12.7. The molecule has 2 saturated heterocycles. The zero-order chi connectivity index (χ0) is 20.6. The second-order valence-electron chi connectivity index (χ2n) is 7.06. The van der Waals surface area contributed by atoms with Crippen LogP contribution in [0.25, 0.3) is 0 Å². The molecule has 2 aliphatic heterocycles. The van der Waals surface area contributed by atoms with Crippen molar-refractivity contribution < 1.29 is 9.59 Å². The fraction of sp³-hybridized carbons (Fsp3) is 0.316. The van der Waals surface area contributed by atoms with E-state index in [1.54, 1.807) is 18.3 Å². The van der Waals surface area contributed by atoms with Crippen LogP contribution in [-0.4, -0.2) is 45.5 Å². The third kappa shape index (κ3) is 3.50. The zero-order valence-electron chi connectivity index (χ0n) is 15.8. The van der Waals surface area contributed by atoms with Gasteiger partial charge >= 0.3 is 6.03 Å². The van der Waals surface area contributed by atoms with Gasteiger partial charge in [-0.3, -0.25) is 10.1 Å². The number of hydrogen-bond donors (Lipinski definition) is 4. The molecular formula is C19H20N8O2. The first kappa shape index (κ1) is 18.5. The van der Waals surface area contributed by atoms with Crippen molar-refractivity contribution in [2.45, 2.75) is 25.3 Å². The molecule has 10 nitrogen and oxygen atoms in total. The van der Waals surface area contributed by atoms with Crippen molar-refractivity contribution in [3.05, 3.63) is 35.2 Å². The van der Waals surface area contributed by atoms with E-state index in [2.05, 4.69) is 37.4 Å². The van der Waals surface area contributed by atoms with E-state index < -0.39 is 11.6 Å². The minimum atomic E-state index is -0.858. The quantitative estimate of drug-likeness (QED) is 0.388. The smallest absolute Gasteiger partial charge is 0.322 e. The second kappa shape index (κ2) is 6.94. The number of piperidine rings is 1. The van der Waals surface area contributed by atoms with Crippen LogP contribution in [0.15, 0.2) is 18.3 Å². The molecule has 0 radical (unpaired) electrons. The van der Waals surface area contributed by atoms with Crippen LogP contribution in [0.5, 0.6) is 0 Å².